The highest BCUT2D eigenvalue weighted by molar-refractivity contribution is 7.91. The molecule has 1 atom stereocenters. The molecule has 1 heterocycles. The molecule has 0 fully saturated rings. The molecule has 6 nitrogen and oxygen atoms in total. The van der Waals surface area contributed by atoms with Gasteiger partial charge in [0, 0.05) is 18.0 Å². The molecule has 1 unspecified atom stereocenters. The molecule has 20 heavy (non-hydrogen) atoms. The maximum atomic E-state index is 12.2. The first kappa shape index (κ1) is 17.1. The lowest BCUT2D eigenvalue weighted by molar-refractivity contribution is 0.0697. The van der Waals surface area contributed by atoms with Crippen LogP contribution in [0.25, 0.3) is 0 Å². The van der Waals surface area contributed by atoms with E-state index in [4.69, 9.17) is 10.2 Å². The number of sulfonamides is 1. The first-order valence-corrected chi connectivity index (χ1v) is 8.39. The minimum absolute atomic E-state index is 0.0397. The predicted octanol–water partition coefficient (Wildman–Crippen LogP) is 1.52. The molecule has 1 aromatic rings. The third-order valence-electron chi connectivity index (χ3n) is 2.85. The minimum Gasteiger partial charge on any atom is -0.478 e. The molecule has 0 aliphatic heterocycles. The molecule has 0 aliphatic rings. The van der Waals surface area contributed by atoms with Gasteiger partial charge in [0.2, 0.25) is 10.0 Å². The van der Waals surface area contributed by atoms with Gasteiger partial charge in [-0.1, -0.05) is 20.8 Å². The van der Waals surface area contributed by atoms with Crippen LogP contribution in [0, 0.1) is 5.41 Å². The molecule has 0 aromatic carbocycles. The average molecular weight is 321 g/mol. The molecule has 0 bridgehead atoms. The van der Waals surface area contributed by atoms with Crippen LogP contribution < -0.4 is 4.72 Å². The summed E-state index contributed by atoms with van der Waals surface area (Å²) in [5, 5.41) is 19.1. The fraction of sp³-hybridized carbons (Fsp3) is 0.583. The van der Waals surface area contributed by atoms with Crippen LogP contribution in [0.4, 0.5) is 0 Å². The second-order valence-electron chi connectivity index (χ2n) is 5.51. The Morgan fingerprint density at radius 2 is 2.05 bits per heavy atom. The molecule has 0 amide bonds. The molecule has 0 saturated carbocycles. The van der Waals surface area contributed by atoms with Crippen molar-refractivity contribution in [1.29, 1.82) is 0 Å². The predicted molar refractivity (Wildman–Crippen MR) is 76.5 cm³/mol. The third-order valence-corrected chi connectivity index (χ3v) is 5.76. The molecule has 114 valence electrons. The maximum absolute atomic E-state index is 12.2. The van der Waals surface area contributed by atoms with E-state index >= 15 is 0 Å². The Labute approximate surface area is 122 Å². The Kier molecular flexibility index (Phi) is 5.31. The van der Waals surface area contributed by atoms with Gasteiger partial charge in [-0.15, -0.1) is 11.3 Å². The molecular formula is C12H19NO5S2. The molecule has 0 radical (unpaired) electrons. The van der Waals surface area contributed by atoms with Gasteiger partial charge in [-0.2, -0.15) is 0 Å². The zero-order valence-corrected chi connectivity index (χ0v) is 13.2. The van der Waals surface area contributed by atoms with Crippen LogP contribution in [-0.2, 0) is 10.0 Å². The van der Waals surface area contributed by atoms with Gasteiger partial charge in [-0.3, -0.25) is 0 Å². The fourth-order valence-electron chi connectivity index (χ4n) is 1.61. The normalized spacial score (nSPS) is 14.2. The van der Waals surface area contributed by atoms with Crippen LogP contribution in [0.2, 0.25) is 0 Å². The molecular weight excluding hydrogens is 302 g/mol. The summed E-state index contributed by atoms with van der Waals surface area (Å²) in [4.78, 5) is 10.8. The van der Waals surface area contributed by atoms with Crippen LogP contribution >= 0.6 is 11.3 Å². The first-order valence-electron chi connectivity index (χ1n) is 6.03. The van der Waals surface area contributed by atoms with Crippen LogP contribution in [0.5, 0.6) is 0 Å². The first-order chi connectivity index (χ1) is 9.08. The smallest absolute Gasteiger partial charge is 0.336 e. The molecule has 3 N–H and O–H groups in total. The molecule has 0 aliphatic carbocycles. The van der Waals surface area contributed by atoms with E-state index < -0.39 is 22.0 Å². The summed E-state index contributed by atoms with van der Waals surface area (Å²) in [6.45, 7) is 5.47. The van der Waals surface area contributed by atoms with E-state index in [1.54, 1.807) is 0 Å². The Hall–Kier alpha value is -0.960. The van der Waals surface area contributed by atoms with Crippen molar-refractivity contribution in [2.45, 2.75) is 37.4 Å². The van der Waals surface area contributed by atoms with Gasteiger partial charge in [-0.25, -0.2) is 17.9 Å². The lowest BCUT2D eigenvalue weighted by Crippen LogP contribution is -2.44. The van der Waals surface area contributed by atoms with Crippen molar-refractivity contribution in [3.63, 3.8) is 0 Å². The van der Waals surface area contributed by atoms with Crippen molar-refractivity contribution in [2.24, 2.45) is 5.41 Å². The number of carboxylic acids is 1. The molecule has 8 heteroatoms. The van der Waals surface area contributed by atoms with E-state index in [0.717, 1.165) is 17.4 Å². The number of aliphatic hydroxyl groups excluding tert-OH is 1. The van der Waals surface area contributed by atoms with Crippen molar-refractivity contribution in [3.8, 4) is 0 Å². The number of carboxylic acid groups (broad SMARTS) is 1. The number of thiophene rings is 1. The quantitative estimate of drug-likeness (QED) is 0.737. The number of nitrogens with one attached hydrogen (secondary N) is 1. The van der Waals surface area contributed by atoms with Gasteiger partial charge in [0.25, 0.3) is 0 Å². The Morgan fingerprint density at radius 3 is 2.45 bits per heavy atom. The molecule has 0 saturated heterocycles. The van der Waals surface area contributed by atoms with Gasteiger partial charge in [-0.05, 0) is 17.9 Å². The second-order valence-corrected chi connectivity index (χ2v) is 8.36. The number of aromatic carboxylic acids is 1. The summed E-state index contributed by atoms with van der Waals surface area (Å²) >= 11 is 0.862. The topological polar surface area (TPSA) is 104 Å². The van der Waals surface area contributed by atoms with Crippen molar-refractivity contribution in [2.75, 3.05) is 6.61 Å². The number of hydrogen-bond donors (Lipinski definition) is 3. The van der Waals surface area contributed by atoms with E-state index in [2.05, 4.69) is 4.72 Å². The lowest BCUT2D eigenvalue weighted by atomic mass is 9.86. The van der Waals surface area contributed by atoms with Crippen LogP contribution in [0.3, 0.4) is 0 Å². The van der Waals surface area contributed by atoms with E-state index in [9.17, 15) is 13.2 Å². The summed E-state index contributed by atoms with van der Waals surface area (Å²) < 4.78 is 26.9. The van der Waals surface area contributed by atoms with Gasteiger partial charge >= 0.3 is 5.97 Å². The fourth-order valence-corrected chi connectivity index (χ4v) is 4.26. The maximum Gasteiger partial charge on any atom is 0.336 e. The summed E-state index contributed by atoms with van der Waals surface area (Å²) in [5.41, 5.74) is -0.410. The highest BCUT2D eigenvalue weighted by Gasteiger charge is 2.30. The van der Waals surface area contributed by atoms with E-state index in [1.807, 2.05) is 20.8 Å². The van der Waals surface area contributed by atoms with Gasteiger partial charge in [0.1, 0.15) is 4.21 Å². The molecule has 0 spiro atoms. The number of aliphatic hydroxyl groups is 1. The zero-order chi connectivity index (χ0) is 15.6. The number of rotatable bonds is 6. The van der Waals surface area contributed by atoms with E-state index in [1.165, 1.54) is 5.38 Å². The van der Waals surface area contributed by atoms with Crippen molar-refractivity contribution in [3.05, 3.63) is 17.0 Å². The highest BCUT2D eigenvalue weighted by Crippen LogP contribution is 2.26. The Balaban J connectivity index is 3.00. The molecule has 1 rings (SSSR count). The number of hydrogen-bond acceptors (Lipinski definition) is 5. The van der Waals surface area contributed by atoms with Gasteiger partial charge in [0.15, 0.2) is 0 Å². The Bertz CT molecular complexity index is 571. The van der Waals surface area contributed by atoms with E-state index in [-0.39, 0.29) is 21.8 Å². The summed E-state index contributed by atoms with van der Waals surface area (Å²) in [6.07, 6.45) is 0.292. The van der Waals surface area contributed by atoms with Crippen LogP contribution in [0.15, 0.2) is 15.7 Å². The zero-order valence-electron chi connectivity index (χ0n) is 11.6. The SMILES string of the molecule is CC(C)(C)C(CCO)NS(=O)(=O)c1cc(C(=O)O)cs1. The Morgan fingerprint density at radius 1 is 1.45 bits per heavy atom. The third kappa shape index (κ3) is 4.27. The average Bonchev–Trinajstić information content (AvgIpc) is 2.76. The lowest BCUT2D eigenvalue weighted by Gasteiger charge is -2.30. The van der Waals surface area contributed by atoms with Gasteiger partial charge in [0.05, 0.1) is 5.56 Å². The summed E-state index contributed by atoms with van der Waals surface area (Å²) in [7, 11) is -3.78. The number of carbonyl (C=O) groups is 1. The van der Waals surface area contributed by atoms with E-state index in [0.29, 0.717) is 6.42 Å². The van der Waals surface area contributed by atoms with Crippen molar-refractivity contribution < 1.29 is 23.4 Å². The van der Waals surface area contributed by atoms with Crippen LogP contribution in [0.1, 0.15) is 37.6 Å². The van der Waals surface area contributed by atoms with Crippen LogP contribution in [-0.4, -0.2) is 37.2 Å². The largest absolute Gasteiger partial charge is 0.478 e. The standard InChI is InChI=1S/C12H19NO5S2/c1-12(2,3)9(4-5-14)13-20(17,18)10-6-8(7-19-10)11(15)16/h6-7,9,13-14H,4-5H2,1-3H3,(H,15,16). The monoisotopic (exact) mass is 321 g/mol. The summed E-state index contributed by atoms with van der Waals surface area (Å²) in [6, 6.07) is 0.696. The second kappa shape index (κ2) is 6.21. The molecule has 1 aromatic heterocycles. The van der Waals surface area contributed by atoms with Crippen molar-refractivity contribution in [1.82, 2.24) is 4.72 Å². The van der Waals surface area contributed by atoms with Gasteiger partial charge < -0.3 is 10.2 Å². The summed E-state index contributed by atoms with van der Waals surface area (Å²) in [5.74, 6) is -1.16. The highest BCUT2D eigenvalue weighted by atomic mass is 32.2. The van der Waals surface area contributed by atoms with Crippen molar-refractivity contribution >= 4 is 27.3 Å². The minimum atomic E-state index is -3.78.